The van der Waals surface area contributed by atoms with Crippen LogP contribution in [0.4, 0.5) is 5.82 Å². The molecule has 1 saturated carbocycles. The van der Waals surface area contributed by atoms with Crippen LogP contribution in [0.25, 0.3) is 11.2 Å². The van der Waals surface area contributed by atoms with Crippen molar-refractivity contribution in [3.63, 3.8) is 0 Å². The van der Waals surface area contributed by atoms with Crippen LogP contribution in [0.1, 0.15) is 49.2 Å². The Balaban J connectivity index is 1.34. The normalized spacial score (nSPS) is 26.1. The number of anilines is 1. The van der Waals surface area contributed by atoms with Gasteiger partial charge in [-0.15, -0.1) is 0 Å². The number of aliphatic hydroxyl groups excluding tert-OH is 1. The Kier molecular flexibility index (Phi) is 6.60. The predicted octanol–water partition coefficient (Wildman–Crippen LogP) is 2.23. The van der Waals surface area contributed by atoms with Gasteiger partial charge in [-0.05, 0) is 31.4 Å². The summed E-state index contributed by atoms with van der Waals surface area (Å²) >= 11 is 0. The molecule has 0 amide bonds. The summed E-state index contributed by atoms with van der Waals surface area (Å²) in [7, 11) is 0. The van der Waals surface area contributed by atoms with Gasteiger partial charge in [-0.1, -0.05) is 18.2 Å². The molecule has 2 aromatic heterocycles. The smallest absolute Gasteiger partial charge is 0.338 e. The number of hydrogen-bond acceptors (Lipinski definition) is 10. The van der Waals surface area contributed by atoms with Crippen molar-refractivity contribution in [3.8, 4) is 0 Å². The number of aliphatic hydroxyl groups is 1. The first-order valence-electron chi connectivity index (χ1n) is 11.7. The van der Waals surface area contributed by atoms with Crippen molar-refractivity contribution in [1.29, 1.82) is 0 Å². The molecule has 5 atom stereocenters. The molecule has 11 heteroatoms. The molecule has 0 spiro atoms. The third-order valence-corrected chi connectivity index (χ3v) is 6.31. The fraction of sp³-hybridized carbons (Fsp3) is 0.458. The third-order valence-electron chi connectivity index (χ3n) is 6.31. The van der Waals surface area contributed by atoms with Crippen LogP contribution < -0.4 is 5.32 Å². The summed E-state index contributed by atoms with van der Waals surface area (Å²) < 4.78 is 18.8. The van der Waals surface area contributed by atoms with E-state index in [2.05, 4.69) is 20.3 Å². The summed E-state index contributed by atoms with van der Waals surface area (Å²) in [5.74, 6) is -0.371. The average Bonchev–Trinajstić information content (AvgIpc) is 3.57. The zero-order chi connectivity index (χ0) is 24.4. The summed E-state index contributed by atoms with van der Waals surface area (Å²) in [6.07, 6.45) is 3.61. The largest absolute Gasteiger partial charge is 0.459 e. The van der Waals surface area contributed by atoms with Gasteiger partial charge in [0.2, 0.25) is 0 Å². The number of fused-ring (bicyclic) bond motifs is 1. The van der Waals surface area contributed by atoms with Crippen molar-refractivity contribution in [2.24, 2.45) is 0 Å². The number of nitrogens with one attached hydrogen (secondary N) is 1. The Morgan fingerprint density at radius 1 is 1.20 bits per heavy atom. The standard InChI is InChI=1S/C24H27N5O6/c1-14(30)34-19-10-16(11-33-24(32)15-6-3-2-4-7-15)35-23(19)29-13-27-20-21(25-12-26-22(20)29)28-17-8-5-9-18(17)31/h2-4,6-7,12-13,16-19,23,31H,5,8-11H2,1H3,(H,25,26,28)/t16?,17-,18-,19?,23?/m0/s1. The lowest BCUT2D eigenvalue weighted by atomic mass is 10.2. The van der Waals surface area contributed by atoms with Gasteiger partial charge in [0.1, 0.15) is 19.0 Å². The van der Waals surface area contributed by atoms with Gasteiger partial charge < -0.3 is 24.6 Å². The highest BCUT2D eigenvalue weighted by molar-refractivity contribution is 5.89. The quantitative estimate of drug-likeness (QED) is 0.483. The molecule has 35 heavy (non-hydrogen) atoms. The number of ether oxygens (including phenoxy) is 3. The number of nitrogens with zero attached hydrogens (tertiary/aromatic N) is 4. The molecule has 3 heterocycles. The minimum Gasteiger partial charge on any atom is -0.459 e. The van der Waals surface area contributed by atoms with E-state index in [1.54, 1.807) is 35.2 Å². The topological polar surface area (TPSA) is 138 Å². The summed E-state index contributed by atoms with van der Waals surface area (Å²) in [5, 5.41) is 13.5. The van der Waals surface area contributed by atoms with Gasteiger partial charge in [0.05, 0.1) is 30.1 Å². The van der Waals surface area contributed by atoms with E-state index >= 15 is 0 Å². The van der Waals surface area contributed by atoms with E-state index < -0.39 is 36.5 Å². The van der Waals surface area contributed by atoms with Gasteiger partial charge in [0.15, 0.2) is 23.2 Å². The molecule has 0 radical (unpaired) electrons. The molecular formula is C24H27N5O6. The molecule has 0 bridgehead atoms. The predicted molar refractivity (Wildman–Crippen MR) is 123 cm³/mol. The zero-order valence-corrected chi connectivity index (χ0v) is 19.2. The second-order valence-electron chi connectivity index (χ2n) is 8.79. The molecule has 1 saturated heterocycles. The number of benzene rings is 1. The first-order chi connectivity index (χ1) is 17.0. The van der Waals surface area contributed by atoms with Gasteiger partial charge in [-0.2, -0.15) is 0 Å². The number of hydrogen-bond donors (Lipinski definition) is 2. The molecule has 5 rings (SSSR count). The maximum absolute atomic E-state index is 12.3. The first-order valence-corrected chi connectivity index (χ1v) is 11.7. The Bertz CT molecular complexity index is 1200. The molecule has 1 aliphatic carbocycles. The van der Waals surface area contributed by atoms with E-state index in [0.29, 0.717) is 29.0 Å². The highest BCUT2D eigenvalue weighted by Crippen LogP contribution is 2.34. The Labute approximate surface area is 201 Å². The van der Waals surface area contributed by atoms with E-state index in [1.165, 1.54) is 13.3 Å². The highest BCUT2D eigenvalue weighted by Gasteiger charge is 2.40. The van der Waals surface area contributed by atoms with Crippen LogP contribution in [0.3, 0.4) is 0 Å². The fourth-order valence-electron chi connectivity index (χ4n) is 4.64. The number of esters is 2. The number of carbonyl (C=O) groups excluding carboxylic acids is 2. The van der Waals surface area contributed by atoms with Crippen LogP contribution >= 0.6 is 0 Å². The highest BCUT2D eigenvalue weighted by atomic mass is 16.6. The van der Waals surface area contributed by atoms with Crippen molar-refractivity contribution >= 4 is 28.9 Å². The maximum Gasteiger partial charge on any atom is 0.338 e. The van der Waals surface area contributed by atoms with Gasteiger partial charge in [0.25, 0.3) is 0 Å². The van der Waals surface area contributed by atoms with Crippen LogP contribution in [-0.4, -0.2) is 67.5 Å². The zero-order valence-electron chi connectivity index (χ0n) is 19.2. The molecule has 11 nitrogen and oxygen atoms in total. The summed E-state index contributed by atoms with van der Waals surface area (Å²) in [6, 6.07) is 8.60. The average molecular weight is 482 g/mol. The number of aromatic nitrogens is 4. The van der Waals surface area contributed by atoms with Crippen molar-refractivity contribution in [2.75, 3.05) is 11.9 Å². The van der Waals surface area contributed by atoms with Crippen LogP contribution in [0.2, 0.25) is 0 Å². The van der Waals surface area contributed by atoms with Gasteiger partial charge in [0, 0.05) is 13.3 Å². The van der Waals surface area contributed by atoms with E-state index in [4.69, 9.17) is 14.2 Å². The molecule has 2 N–H and O–H groups in total. The fourth-order valence-corrected chi connectivity index (χ4v) is 4.64. The Morgan fingerprint density at radius 2 is 2.03 bits per heavy atom. The number of rotatable bonds is 7. The lowest BCUT2D eigenvalue weighted by molar-refractivity contribution is -0.152. The SMILES string of the molecule is CC(=O)OC1CC(COC(=O)c2ccccc2)OC1n1cnc2c(N[C@H]3CCC[C@@H]3O)ncnc21. The molecule has 184 valence electrons. The molecule has 1 aliphatic heterocycles. The van der Waals surface area contributed by atoms with Crippen molar-refractivity contribution in [1.82, 2.24) is 19.5 Å². The van der Waals surface area contributed by atoms with E-state index in [-0.39, 0.29) is 12.6 Å². The molecule has 3 unspecified atom stereocenters. The third kappa shape index (κ3) is 4.96. The second-order valence-corrected chi connectivity index (χ2v) is 8.79. The molecular weight excluding hydrogens is 454 g/mol. The van der Waals surface area contributed by atoms with Crippen LogP contribution in [0.15, 0.2) is 43.0 Å². The summed E-state index contributed by atoms with van der Waals surface area (Å²) in [6.45, 7) is 1.35. The van der Waals surface area contributed by atoms with Crippen molar-refractivity contribution in [2.45, 2.75) is 63.2 Å². The second kappa shape index (κ2) is 9.96. The van der Waals surface area contributed by atoms with Crippen LogP contribution in [-0.2, 0) is 19.0 Å². The molecule has 1 aromatic carbocycles. The number of imidazole rings is 1. The first kappa shape index (κ1) is 23.2. The molecule has 2 fully saturated rings. The van der Waals surface area contributed by atoms with Crippen molar-refractivity contribution < 1.29 is 28.9 Å². The lowest BCUT2D eigenvalue weighted by Crippen LogP contribution is -2.28. The Morgan fingerprint density at radius 3 is 2.77 bits per heavy atom. The Hall–Kier alpha value is -3.57. The number of carbonyl (C=O) groups is 2. The monoisotopic (exact) mass is 481 g/mol. The van der Waals surface area contributed by atoms with Gasteiger partial charge in [-0.25, -0.2) is 19.7 Å². The maximum atomic E-state index is 12.3. The van der Waals surface area contributed by atoms with Crippen molar-refractivity contribution in [3.05, 3.63) is 48.5 Å². The van der Waals surface area contributed by atoms with E-state index in [0.717, 1.165) is 19.3 Å². The molecule has 3 aromatic rings. The van der Waals surface area contributed by atoms with Gasteiger partial charge in [-0.3, -0.25) is 9.36 Å². The minimum atomic E-state index is -0.704. The van der Waals surface area contributed by atoms with Gasteiger partial charge >= 0.3 is 11.9 Å². The molecule has 2 aliphatic rings. The van der Waals surface area contributed by atoms with E-state index in [1.807, 2.05) is 6.07 Å². The van der Waals surface area contributed by atoms with Crippen LogP contribution in [0.5, 0.6) is 0 Å². The summed E-state index contributed by atoms with van der Waals surface area (Å²) in [5.41, 5.74) is 1.47. The minimum absolute atomic E-state index is 0.00990. The van der Waals surface area contributed by atoms with Crippen LogP contribution in [0, 0.1) is 0 Å². The van der Waals surface area contributed by atoms with E-state index in [9.17, 15) is 14.7 Å². The summed E-state index contributed by atoms with van der Waals surface area (Å²) in [4.78, 5) is 37.3. The lowest BCUT2D eigenvalue weighted by Gasteiger charge is -2.20.